The monoisotopic (exact) mass is 301 g/mol. The number of benzene rings is 1. The third-order valence-electron chi connectivity index (χ3n) is 2.28. The van der Waals surface area contributed by atoms with E-state index in [1.165, 1.54) is 6.92 Å². The van der Waals surface area contributed by atoms with Gasteiger partial charge < -0.3 is 4.90 Å². The highest BCUT2D eigenvalue weighted by Gasteiger charge is 2.33. The predicted octanol–water partition coefficient (Wildman–Crippen LogP) is 3.64. The molecule has 0 aliphatic rings. The van der Waals surface area contributed by atoms with Crippen LogP contribution in [0.5, 0.6) is 0 Å². The maximum atomic E-state index is 13.0. The molecule has 1 rings (SSSR count). The Morgan fingerprint density at radius 2 is 1.79 bits per heavy atom. The molecule has 0 N–H and O–H groups in total. The van der Waals surface area contributed by atoms with Gasteiger partial charge in [-0.1, -0.05) is 11.6 Å². The smallest absolute Gasteiger partial charge is 0.330 e. The normalized spacial score (nSPS) is 11.5. The number of carbonyl (C=O) groups excluding carboxylic acids is 1. The van der Waals surface area contributed by atoms with E-state index in [-0.39, 0.29) is 6.54 Å². The van der Waals surface area contributed by atoms with Crippen molar-refractivity contribution in [2.45, 2.75) is 13.1 Å². The molecule has 19 heavy (non-hydrogen) atoms. The largest absolute Gasteiger partial charge is 0.406 e. The maximum absolute atomic E-state index is 13.0. The molecule has 1 aromatic carbocycles. The lowest BCUT2D eigenvalue weighted by Crippen LogP contribution is -2.39. The SMILES string of the molecule is CCN(CC(F)(F)F)C(=O)c1cc(F)c(F)cc1Cl. The summed E-state index contributed by atoms with van der Waals surface area (Å²) in [6.07, 6.45) is -4.59. The van der Waals surface area contributed by atoms with Crippen molar-refractivity contribution in [3.05, 3.63) is 34.4 Å². The van der Waals surface area contributed by atoms with Crippen molar-refractivity contribution in [1.82, 2.24) is 4.90 Å². The Labute approximate surface area is 110 Å². The fraction of sp³-hybridized carbons (Fsp3) is 0.364. The van der Waals surface area contributed by atoms with Crippen LogP contribution in [0, 0.1) is 11.6 Å². The molecule has 0 saturated carbocycles. The number of rotatable bonds is 3. The lowest BCUT2D eigenvalue weighted by atomic mass is 10.2. The van der Waals surface area contributed by atoms with Gasteiger partial charge in [0.05, 0.1) is 10.6 Å². The number of amides is 1. The molecule has 0 aliphatic carbocycles. The Kier molecular flexibility index (Phi) is 4.73. The van der Waals surface area contributed by atoms with Gasteiger partial charge in [-0.25, -0.2) is 8.78 Å². The van der Waals surface area contributed by atoms with Crippen LogP contribution < -0.4 is 0 Å². The minimum absolute atomic E-state index is 0.242. The van der Waals surface area contributed by atoms with Crippen LogP contribution in [-0.4, -0.2) is 30.1 Å². The lowest BCUT2D eigenvalue weighted by molar-refractivity contribution is -0.140. The minimum atomic E-state index is -4.59. The molecule has 1 aromatic rings. The number of alkyl halides is 3. The first-order valence-electron chi connectivity index (χ1n) is 5.16. The van der Waals surface area contributed by atoms with Crippen LogP contribution in [0.2, 0.25) is 5.02 Å². The van der Waals surface area contributed by atoms with Gasteiger partial charge in [-0.15, -0.1) is 0 Å². The second-order valence-electron chi connectivity index (χ2n) is 3.68. The van der Waals surface area contributed by atoms with E-state index >= 15 is 0 Å². The quantitative estimate of drug-likeness (QED) is 0.616. The second-order valence-corrected chi connectivity index (χ2v) is 4.09. The average molecular weight is 302 g/mol. The highest BCUT2D eigenvalue weighted by Crippen LogP contribution is 2.23. The van der Waals surface area contributed by atoms with Gasteiger partial charge in [0.1, 0.15) is 6.54 Å². The molecule has 0 atom stereocenters. The van der Waals surface area contributed by atoms with Gasteiger partial charge >= 0.3 is 6.18 Å². The van der Waals surface area contributed by atoms with Gasteiger partial charge in [-0.05, 0) is 19.1 Å². The second kappa shape index (κ2) is 5.73. The molecular weight excluding hydrogens is 293 g/mol. The van der Waals surface area contributed by atoms with Crippen LogP contribution in [0.3, 0.4) is 0 Å². The Hall–Kier alpha value is -1.37. The predicted molar refractivity (Wildman–Crippen MR) is 59.0 cm³/mol. The standard InChI is InChI=1S/C11H9ClF5NO/c1-2-18(5-11(15,16)17)10(19)6-3-8(13)9(14)4-7(6)12/h3-4H,2,5H2,1H3. The topological polar surface area (TPSA) is 20.3 Å². The summed E-state index contributed by atoms with van der Waals surface area (Å²) in [4.78, 5) is 12.2. The summed E-state index contributed by atoms with van der Waals surface area (Å²) in [7, 11) is 0. The van der Waals surface area contributed by atoms with Crippen LogP contribution in [0.1, 0.15) is 17.3 Å². The first-order valence-corrected chi connectivity index (χ1v) is 5.54. The Morgan fingerprint density at radius 3 is 2.26 bits per heavy atom. The molecule has 1 amide bonds. The summed E-state index contributed by atoms with van der Waals surface area (Å²) in [6, 6.07) is 1.03. The number of carbonyl (C=O) groups is 1. The first-order chi connectivity index (χ1) is 8.65. The lowest BCUT2D eigenvalue weighted by Gasteiger charge is -2.22. The van der Waals surface area contributed by atoms with Crippen LogP contribution in [0.4, 0.5) is 22.0 Å². The number of hydrogen-bond donors (Lipinski definition) is 0. The molecule has 106 valence electrons. The minimum Gasteiger partial charge on any atom is -0.330 e. The van der Waals surface area contributed by atoms with Gasteiger partial charge in [0.15, 0.2) is 11.6 Å². The molecule has 0 bridgehead atoms. The fourth-order valence-electron chi connectivity index (χ4n) is 1.40. The zero-order chi connectivity index (χ0) is 14.8. The van der Waals surface area contributed by atoms with Crippen molar-refractivity contribution in [3.63, 3.8) is 0 Å². The molecule has 0 spiro atoms. The highest BCUT2D eigenvalue weighted by molar-refractivity contribution is 6.33. The molecule has 0 saturated heterocycles. The maximum Gasteiger partial charge on any atom is 0.406 e. The highest BCUT2D eigenvalue weighted by atomic mass is 35.5. The van der Waals surface area contributed by atoms with Crippen molar-refractivity contribution in [3.8, 4) is 0 Å². The van der Waals surface area contributed by atoms with E-state index in [9.17, 15) is 26.7 Å². The molecule has 0 aromatic heterocycles. The Balaban J connectivity index is 3.08. The van der Waals surface area contributed by atoms with Crippen molar-refractivity contribution in [2.75, 3.05) is 13.1 Å². The zero-order valence-electron chi connectivity index (χ0n) is 9.69. The van der Waals surface area contributed by atoms with Gasteiger partial charge in [-0.2, -0.15) is 13.2 Å². The Bertz CT molecular complexity index is 489. The summed E-state index contributed by atoms with van der Waals surface area (Å²) in [6.45, 7) is -0.400. The van der Waals surface area contributed by atoms with E-state index in [0.29, 0.717) is 17.0 Å². The van der Waals surface area contributed by atoms with Crippen LogP contribution in [0.15, 0.2) is 12.1 Å². The van der Waals surface area contributed by atoms with Crippen molar-refractivity contribution < 1.29 is 26.7 Å². The fourth-order valence-corrected chi connectivity index (χ4v) is 1.63. The molecule has 0 radical (unpaired) electrons. The van der Waals surface area contributed by atoms with Crippen molar-refractivity contribution in [2.24, 2.45) is 0 Å². The van der Waals surface area contributed by atoms with Gasteiger partial charge in [0, 0.05) is 6.54 Å². The third-order valence-corrected chi connectivity index (χ3v) is 2.59. The van der Waals surface area contributed by atoms with E-state index in [2.05, 4.69) is 0 Å². The van der Waals surface area contributed by atoms with Gasteiger partial charge in [-0.3, -0.25) is 4.79 Å². The molecule has 8 heteroatoms. The molecular formula is C11H9ClF5NO. The number of hydrogen-bond acceptors (Lipinski definition) is 1. The van der Waals surface area contributed by atoms with Crippen molar-refractivity contribution >= 4 is 17.5 Å². The van der Waals surface area contributed by atoms with E-state index in [4.69, 9.17) is 11.6 Å². The molecule has 0 heterocycles. The molecule has 0 unspecified atom stereocenters. The Morgan fingerprint density at radius 1 is 1.26 bits per heavy atom. The van der Waals surface area contributed by atoms with Crippen molar-refractivity contribution in [1.29, 1.82) is 0 Å². The van der Waals surface area contributed by atoms with Gasteiger partial charge in [0.2, 0.25) is 0 Å². The van der Waals surface area contributed by atoms with E-state index < -0.39 is 40.8 Å². The summed E-state index contributed by atoms with van der Waals surface area (Å²) >= 11 is 5.53. The van der Waals surface area contributed by atoms with Crippen LogP contribution >= 0.6 is 11.6 Å². The molecule has 0 aliphatic heterocycles. The van der Waals surface area contributed by atoms with E-state index in [0.717, 1.165) is 0 Å². The summed E-state index contributed by atoms with van der Waals surface area (Å²) in [5.41, 5.74) is -0.508. The summed E-state index contributed by atoms with van der Waals surface area (Å²) < 4.78 is 62.6. The van der Waals surface area contributed by atoms with Gasteiger partial charge in [0.25, 0.3) is 5.91 Å². The van der Waals surface area contributed by atoms with E-state index in [1.807, 2.05) is 0 Å². The van der Waals surface area contributed by atoms with E-state index in [1.54, 1.807) is 0 Å². The molecule has 2 nitrogen and oxygen atoms in total. The average Bonchev–Trinajstić information content (AvgIpc) is 2.28. The van der Waals surface area contributed by atoms with Crippen LogP contribution in [-0.2, 0) is 0 Å². The summed E-state index contributed by atoms with van der Waals surface area (Å²) in [5, 5.41) is -0.440. The zero-order valence-corrected chi connectivity index (χ0v) is 10.4. The third kappa shape index (κ3) is 4.05. The number of nitrogens with zero attached hydrogens (tertiary/aromatic N) is 1. The number of halogens is 6. The summed E-state index contributed by atoms with van der Waals surface area (Å²) in [5.74, 6) is -3.74. The van der Waals surface area contributed by atoms with Crippen LogP contribution in [0.25, 0.3) is 0 Å². The first kappa shape index (κ1) is 15.7. The molecule has 0 fully saturated rings.